The number of fused-ring (bicyclic) bond motifs is 10. The van der Waals surface area contributed by atoms with Gasteiger partial charge in [-0.1, -0.05) is 13.8 Å². The lowest BCUT2D eigenvalue weighted by Gasteiger charge is -2.22. The fourth-order valence-corrected chi connectivity index (χ4v) is 5.96. The molecule has 0 fully saturated rings. The van der Waals surface area contributed by atoms with Crippen LogP contribution in [-0.2, 0) is 33.0 Å². The summed E-state index contributed by atoms with van der Waals surface area (Å²) in [7, 11) is 1.95. The molecule has 0 bridgehead atoms. The molecule has 1 aliphatic heterocycles. The molecule has 3 aromatic heterocycles. The Morgan fingerprint density at radius 2 is 1.94 bits per heavy atom. The number of amides is 1. The summed E-state index contributed by atoms with van der Waals surface area (Å²) in [5.74, 6) is 1.13. The minimum Gasteiger partial charge on any atom is -0.424 e. The Morgan fingerprint density at radius 3 is 2.75 bits per heavy atom. The summed E-state index contributed by atoms with van der Waals surface area (Å²) in [5, 5.41) is 10.0. The summed E-state index contributed by atoms with van der Waals surface area (Å²) in [6.07, 6.45) is 7.11. The number of rotatable bonds is 4. The lowest BCUT2D eigenvalue weighted by atomic mass is 9.82. The van der Waals surface area contributed by atoms with Crippen LogP contribution in [-0.4, -0.2) is 30.2 Å². The zero-order chi connectivity index (χ0) is 24.6. The Kier molecular flexibility index (Phi) is 4.49. The van der Waals surface area contributed by atoms with E-state index in [0.717, 1.165) is 63.6 Å². The molecular weight excluding hydrogens is 452 g/mol. The minimum absolute atomic E-state index is 0.00490. The third-order valence-electron chi connectivity index (χ3n) is 7.21. The van der Waals surface area contributed by atoms with Gasteiger partial charge in [-0.3, -0.25) is 9.48 Å². The molecule has 8 nitrogen and oxygen atoms in total. The molecule has 7 rings (SSSR count). The van der Waals surface area contributed by atoms with Crippen LogP contribution >= 0.6 is 0 Å². The normalized spacial score (nSPS) is 14.3. The molecule has 1 amide bonds. The Labute approximate surface area is 207 Å². The molecule has 1 aliphatic carbocycles. The second kappa shape index (κ2) is 7.65. The van der Waals surface area contributed by atoms with Gasteiger partial charge in [0, 0.05) is 66.1 Å². The first-order chi connectivity index (χ1) is 17.5. The van der Waals surface area contributed by atoms with E-state index >= 15 is 0 Å². The third-order valence-corrected chi connectivity index (χ3v) is 7.21. The van der Waals surface area contributed by atoms with Crippen molar-refractivity contribution in [3.63, 3.8) is 0 Å². The van der Waals surface area contributed by atoms with Gasteiger partial charge in [0.15, 0.2) is 0 Å². The maximum atomic E-state index is 13.2. The largest absolute Gasteiger partial charge is 0.424 e. The van der Waals surface area contributed by atoms with Crippen molar-refractivity contribution >= 4 is 27.7 Å². The number of nitrogens with one attached hydrogen (secondary N) is 1. The standard InChI is InChI=1S/C28H26N6O2/c1-15(2)13-34-22-8-5-16(36-28-29-9-4-10-30-28)11-18(22)24-19-12-31-27(35)25(19)23-17(26(24)34)6-7-21-20(23)14-33(3)32-21/h4-5,8-11,14-15H,6-7,12-13H2,1-3H3,(H,31,35). The van der Waals surface area contributed by atoms with Crippen LogP contribution in [0.3, 0.4) is 0 Å². The van der Waals surface area contributed by atoms with Gasteiger partial charge in [0.25, 0.3) is 5.91 Å². The van der Waals surface area contributed by atoms with Gasteiger partial charge in [0.1, 0.15) is 5.75 Å². The van der Waals surface area contributed by atoms with E-state index in [1.807, 2.05) is 17.8 Å². The van der Waals surface area contributed by atoms with Crippen LogP contribution in [0.1, 0.15) is 41.0 Å². The highest BCUT2D eigenvalue weighted by atomic mass is 16.5. The van der Waals surface area contributed by atoms with Gasteiger partial charge >= 0.3 is 6.01 Å². The van der Waals surface area contributed by atoms with Crippen molar-refractivity contribution in [2.75, 3.05) is 0 Å². The summed E-state index contributed by atoms with van der Waals surface area (Å²) < 4.78 is 10.3. The number of aryl methyl sites for hydroxylation is 3. The van der Waals surface area contributed by atoms with Crippen molar-refractivity contribution in [3.8, 4) is 22.9 Å². The van der Waals surface area contributed by atoms with Crippen LogP contribution in [0, 0.1) is 5.92 Å². The number of hydrogen-bond donors (Lipinski definition) is 1. The van der Waals surface area contributed by atoms with Gasteiger partial charge in [-0.2, -0.15) is 5.10 Å². The molecule has 0 unspecified atom stereocenters. The highest BCUT2D eigenvalue weighted by Crippen LogP contribution is 2.47. The van der Waals surface area contributed by atoms with Crippen molar-refractivity contribution in [3.05, 3.63) is 65.2 Å². The van der Waals surface area contributed by atoms with E-state index in [2.05, 4.69) is 52.0 Å². The van der Waals surface area contributed by atoms with Crippen molar-refractivity contribution in [1.82, 2.24) is 29.6 Å². The van der Waals surface area contributed by atoms with Gasteiger partial charge in [0.2, 0.25) is 0 Å². The summed E-state index contributed by atoms with van der Waals surface area (Å²) in [6, 6.07) is 8.24. The van der Waals surface area contributed by atoms with Crippen LogP contribution in [0.4, 0.5) is 0 Å². The van der Waals surface area contributed by atoms with E-state index in [9.17, 15) is 4.79 Å². The van der Waals surface area contributed by atoms with Crippen molar-refractivity contribution in [2.45, 2.75) is 39.8 Å². The Hall–Kier alpha value is -4.20. The Morgan fingerprint density at radius 1 is 1.11 bits per heavy atom. The highest BCUT2D eigenvalue weighted by molar-refractivity contribution is 6.19. The number of aromatic nitrogens is 5. The predicted molar refractivity (Wildman–Crippen MR) is 137 cm³/mol. The smallest absolute Gasteiger partial charge is 0.321 e. The fourth-order valence-electron chi connectivity index (χ4n) is 5.96. The number of benzene rings is 2. The molecule has 0 radical (unpaired) electrons. The van der Waals surface area contributed by atoms with E-state index in [0.29, 0.717) is 24.2 Å². The van der Waals surface area contributed by atoms with Crippen LogP contribution in [0.2, 0.25) is 0 Å². The molecule has 180 valence electrons. The van der Waals surface area contributed by atoms with Gasteiger partial charge in [-0.25, -0.2) is 9.97 Å². The monoisotopic (exact) mass is 478 g/mol. The SMILES string of the molecule is CC(C)Cn1c2ccc(Oc3ncccn3)cc2c2c3c(c4c(c21)CCc1nn(C)cc1-4)C(=O)NC3. The van der Waals surface area contributed by atoms with Crippen LogP contribution in [0.15, 0.2) is 42.9 Å². The third kappa shape index (κ3) is 3.00. The summed E-state index contributed by atoms with van der Waals surface area (Å²) in [6.45, 7) is 5.88. The average Bonchev–Trinajstić information content (AvgIpc) is 3.52. The first-order valence-corrected chi connectivity index (χ1v) is 12.4. The molecule has 0 spiro atoms. The molecule has 0 saturated carbocycles. The lowest BCUT2D eigenvalue weighted by Crippen LogP contribution is -2.15. The molecular formula is C28H26N6O2. The van der Waals surface area contributed by atoms with Gasteiger partial charge in [-0.15, -0.1) is 0 Å². The average molecular weight is 479 g/mol. The van der Waals surface area contributed by atoms with Gasteiger partial charge < -0.3 is 14.6 Å². The zero-order valence-electron chi connectivity index (χ0n) is 20.5. The predicted octanol–water partition coefficient (Wildman–Crippen LogP) is 4.78. The molecule has 1 N–H and O–H groups in total. The number of ether oxygens (including phenoxy) is 1. The molecule has 2 aliphatic rings. The van der Waals surface area contributed by atoms with Crippen LogP contribution in [0.5, 0.6) is 11.8 Å². The molecule has 2 aromatic carbocycles. The van der Waals surface area contributed by atoms with Gasteiger partial charge in [-0.05, 0) is 54.2 Å². The van der Waals surface area contributed by atoms with E-state index in [-0.39, 0.29) is 5.91 Å². The fraction of sp³-hybridized carbons (Fsp3) is 0.286. The Bertz CT molecular complexity index is 1700. The summed E-state index contributed by atoms with van der Waals surface area (Å²) >= 11 is 0. The highest BCUT2D eigenvalue weighted by Gasteiger charge is 2.35. The van der Waals surface area contributed by atoms with E-state index in [1.165, 1.54) is 11.1 Å². The van der Waals surface area contributed by atoms with Crippen molar-refractivity contribution in [2.24, 2.45) is 13.0 Å². The zero-order valence-corrected chi connectivity index (χ0v) is 20.5. The number of carbonyl (C=O) groups is 1. The molecule has 36 heavy (non-hydrogen) atoms. The molecule has 4 heterocycles. The van der Waals surface area contributed by atoms with Crippen molar-refractivity contribution < 1.29 is 9.53 Å². The van der Waals surface area contributed by atoms with E-state index in [1.54, 1.807) is 18.5 Å². The minimum atomic E-state index is -0.00490. The van der Waals surface area contributed by atoms with E-state index in [4.69, 9.17) is 9.84 Å². The van der Waals surface area contributed by atoms with Crippen LogP contribution < -0.4 is 10.1 Å². The van der Waals surface area contributed by atoms with Gasteiger partial charge in [0.05, 0.1) is 16.8 Å². The summed E-state index contributed by atoms with van der Waals surface area (Å²) in [5.41, 5.74) is 8.69. The second-order valence-corrected chi connectivity index (χ2v) is 10.1. The lowest BCUT2D eigenvalue weighted by molar-refractivity contribution is 0.0966. The quantitative estimate of drug-likeness (QED) is 0.402. The summed E-state index contributed by atoms with van der Waals surface area (Å²) in [4.78, 5) is 21.7. The maximum Gasteiger partial charge on any atom is 0.321 e. The molecule has 5 aromatic rings. The first-order valence-electron chi connectivity index (χ1n) is 12.4. The number of nitrogens with zero attached hydrogens (tertiary/aromatic N) is 5. The van der Waals surface area contributed by atoms with Crippen LogP contribution in [0.25, 0.3) is 32.9 Å². The molecule has 0 atom stereocenters. The van der Waals surface area contributed by atoms with E-state index < -0.39 is 0 Å². The first kappa shape index (κ1) is 21.1. The Balaban J connectivity index is 1.58. The maximum absolute atomic E-state index is 13.2. The van der Waals surface area contributed by atoms with Crippen molar-refractivity contribution in [1.29, 1.82) is 0 Å². The topological polar surface area (TPSA) is 86.9 Å². The second-order valence-electron chi connectivity index (χ2n) is 10.1. The number of hydrogen-bond acceptors (Lipinski definition) is 5. The molecule has 0 saturated heterocycles. The number of carbonyl (C=O) groups excluding carboxylic acids is 1. The molecule has 8 heteroatoms.